The third kappa shape index (κ3) is 2.63. The van der Waals surface area contributed by atoms with E-state index in [1.807, 2.05) is 18.2 Å². The fourth-order valence-corrected chi connectivity index (χ4v) is 3.00. The Morgan fingerprint density at radius 3 is 2.70 bits per heavy atom. The van der Waals surface area contributed by atoms with E-state index in [1.165, 1.54) is 23.8 Å². The van der Waals surface area contributed by atoms with Crippen molar-refractivity contribution in [3.05, 3.63) is 47.0 Å². The summed E-state index contributed by atoms with van der Waals surface area (Å²) in [5.74, 6) is 0.226. The Balaban J connectivity index is 1.62. The van der Waals surface area contributed by atoms with Crippen molar-refractivity contribution in [3.63, 3.8) is 0 Å². The van der Waals surface area contributed by atoms with Crippen LogP contribution in [0, 0.1) is 5.92 Å². The van der Waals surface area contributed by atoms with Gasteiger partial charge in [0.1, 0.15) is 5.69 Å². The van der Waals surface area contributed by atoms with Gasteiger partial charge >= 0.3 is 0 Å². The predicted octanol–water partition coefficient (Wildman–Crippen LogP) is 3.09. The maximum atomic E-state index is 12.1. The van der Waals surface area contributed by atoms with E-state index in [-0.39, 0.29) is 17.6 Å². The van der Waals surface area contributed by atoms with E-state index in [4.69, 9.17) is 0 Å². The molecule has 0 radical (unpaired) electrons. The molecule has 5 heteroatoms. The number of thiazole rings is 1. The minimum atomic E-state index is -0.0877. The monoisotopic (exact) mass is 286 g/mol. The second-order valence-corrected chi connectivity index (χ2v) is 5.80. The Hall–Kier alpha value is -2.01. The molecule has 2 atom stereocenters. The lowest BCUT2D eigenvalue weighted by molar-refractivity contribution is -0.117. The Labute approximate surface area is 120 Å². The summed E-state index contributed by atoms with van der Waals surface area (Å²) in [6, 6.07) is 10.1. The molecule has 0 spiro atoms. The molecule has 0 aliphatic heterocycles. The van der Waals surface area contributed by atoms with Gasteiger partial charge in [-0.05, 0) is 17.9 Å². The van der Waals surface area contributed by atoms with Crippen LogP contribution in [-0.2, 0) is 4.79 Å². The number of anilines is 1. The average Bonchev–Trinajstić information content (AvgIpc) is 3.12. The van der Waals surface area contributed by atoms with Gasteiger partial charge in [-0.3, -0.25) is 9.59 Å². The molecule has 1 fully saturated rings. The molecule has 2 unspecified atom stereocenters. The third-order valence-corrected chi connectivity index (χ3v) is 4.21. The molecule has 3 rings (SSSR count). The molecule has 1 aliphatic carbocycles. The Morgan fingerprint density at radius 2 is 2.05 bits per heavy atom. The molecule has 4 nitrogen and oxygen atoms in total. The van der Waals surface area contributed by atoms with Gasteiger partial charge < -0.3 is 5.32 Å². The van der Waals surface area contributed by atoms with Crippen LogP contribution in [0.5, 0.6) is 0 Å². The maximum Gasteiger partial charge on any atom is 0.229 e. The minimum absolute atomic E-state index is 0.0108. The van der Waals surface area contributed by atoms with E-state index in [9.17, 15) is 9.59 Å². The first kappa shape index (κ1) is 13.0. The van der Waals surface area contributed by atoms with Gasteiger partial charge in [0.2, 0.25) is 5.91 Å². The lowest BCUT2D eigenvalue weighted by atomic mass is 10.1. The topological polar surface area (TPSA) is 59.1 Å². The van der Waals surface area contributed by atoms with Crippen molar-refractivity contribution in [2.45, 2.75) is 19.3 Å². The van der Waals surface area contributed by atoms with Gasteiger partial charge in [-0.2, -0.15) is 0 Å². The number of aromatic nitrogens is 1. The Bertz CT molecular complexity index is 651. The van der Waals surface area contributed by atoms with Crippen LogP contribution in [0.3, 0.4) is 0 Å². The van der Waals surface area contributed by atoms with Crippen molar-refractivity contribution in [1.82, 2.24) is 4.98 Å². The first-order valence-corrected chi connectivity index (χ1v) is 7.35. The summed E-state index contributed by atoms with van der Waals surface area (Å²) in [5, 5.41) is 4.96. The smallest absolute Gasteiger partial charge is 0.229 e. The Kier molecular flexibility index (Phi) is 3.36. The van der Waals surface area contributed by atoms with E-state index >= 15 is 0 Å². The lowest BCUT2D eigenvalue weighted by Gasteiger charge is -2.01. The summed E-state index contributed by atoms with van der Waals surface area (Å²) in [6.07, 6.45) is 0.876. The Morgan fingerprint density at radius 1 is 1.30 bits per heavy atom. The molecule has 0 bridgehead atoms. The van der Waals surface area contributed by atoms with Gasteiger partial charge in [-0.1, -0.05) is 30.3 Å². The van der Waals surface area contributed by atoms with Crippen LogP contribution in [0.25, 0.3) is 0 Å². The van der Waals surface area contributed by atoms with Gasteiger partial charge in [-0.15, -0.1) is 11.3 Å². The molecular formula is C15H14N2O2S. The van der Waals surface area contributed by atoms with Crippen LogP contribution >= 0.6 is 11.3 Å². The van der Waals surface area contributed by atoms with Crippen molar-refractivity contribution < 1.29 is 9.59 Å². The number of benzene rings is 1. The minimum Gasteiger partial charge on any atom is -0.302 e. The molecule has 1 aliphatic rings. The number of carbonyl (C=O) groups is 2. The maximum absolute atomic E-state index is 12.1. The van der Waals surface area contributed by atoms with Crippen LogP contribution in [0.15, 0.2) is 35.7 Å². The second kappa shape index (κ2) is 5.17. The quantitative estimate of drug-likeness (QED) is 0.879. The van der Waals surface area contributed by atoms with E-state index in [2.05, 4.69) is 22.4 Å². The van der Waals surface area contributed by atoms with Crippen molar-refractivity contribution in [2.75, 3.05) is 5.32 Å². The molecule has 1 aromatic heterocycles. The van der Waals surface area contributed by atoms with Crippen LogP contribution in [0.4, 0.5) is 5.13 Å². The summed E-state index contributed by atoms with van der Waals surface area (Å²) in [6.45, 7) is 1.47. The highest BCUT2D eigenvalue weighted by atomic mass is 32.1. The van der Waals surface area contributed by atoms with Gasteiger partial charge in [0.15, 0.2) is 10.9 Å². The molecule has 1 amide bonds. The summed E-state index contributed by atoms with van der Waals surface area (Å²) in [7, 11) is 0. The number of nitrogens with zero attached hydrogens (tertiary/aromatic N) is 1. The summed E-state index contributed by atoms with van der Waals surface area (Å²) >= 11 is 1.28. The fourth-order valence-electron chi connectivity index (χ4n) is 2.24. The van der Waals surface area contributed by atoms with Crippen molar-refractivity contribution in [2.24, 2.45) is 5.92 Å². The second-order valence-electron chi connectivity index (χ2n) is 4.94. The SMILES string of the molecule is CC(=O)c1csc(NC(=O)C2CC2c2ccccc2)n1. The highest BCUT2D eigenvalue weighted by Gasteiger charge is 2.44. The third-order valence-electron chi connectivity index (χ3n) is 3.45. The first-order valence-electron chi connectivity index (χ1n) is 6.47. The first-order chi connectivity index (χ1) is 9.65. The van der Waals surface area contributed by atoms with Crippen LogP contribution in [0.1, 0.15) is 35.3 Å². The normalized spacial score (nSPS) is 20.4. The largest absolute Gasteiger partial charge is 0.302 e. The summed E-state index contributed by atoms with van der Waals surface area (Å²) < 4.78 is 0. The molecule has 1 N–H and O–H groups in total. The number of hydrogen-bond acceptors (Lipinski definition) is 4. The molecule has 1 aromatic carbocycles. The van der Waals surface area contributed by atoms with Crippen molar-refractivity contribution in [1.29, 1.82) is 0 Å². The number of hydrogen-bond donors (Lipinski definition) is 1. The molecule has 0 saturated heterocycles. The van der Waals surface area contributed by atoms with Gasteiger partial charge in [0.25, 0.3) is 0 Å². The molecule has 20 heavy (non-hydrogen) atoms. The zero-order chi connectivity index (χ0) is 14.1. The van der Waals surface area contributed by atoms with E-state index < -0.39 is 0 Å². The average molecular weight is 286 g/mol. The van der Waals surface area contributed by atoms with Crippen LogP contribution in [-0.4, -0.2) is 16.7 Å². The standard InChI is InChI=1S/C15H14N2O2S/c1-9(18)13-8-20-15(16-13)17-14(19)12-7-11(12)10-5-3-2-4-6-10/h2-6,8,11-12H,7H2,1H3,(H,16,17,19). The number of Topliss-reactive ketones (excluding diaryl/α,β-unsaturated/α-hetero) is 1. The van der Waals surface area contributed by atoms with E-state index in [0.29, 0.717) is 16.7 Å². The van der Waals surface area contributed by atoms with Crippen LogP contribution in [0.2, 0.25) is 0 Å². The molecule has 1 heterocycles. The van der Waals surface area contributed by atoms with Gasteiger partial charge in [0.05, 0.1) is 0 Å². The number of nitrogens with one attached hydrogen (secondary N) is 1. The van der Waals surface area contributed by atoms with Gasteiger partial charge in [-0.25, -0.2) is 4.98 Å². The lowest BCUT2D eigenvalue weighted by Crippen LogP contribution is -2.14. The van der Waals surface area contributed by atoms with E-state index in [1.54, 1.807) is 5.38 Å². The summed E-state index contributed by atoms with van der Waals surface area (Å²) in [4.78, 5) is 27.4. The molecule has 1 saturated carbocycles. The van der Waals surface area contributed by atoms with Crippen molar-refractivity contribution in [3.8, 4) is 0 Å². The molecule has 2 aromatic rings. The zero-order valence-corrected chi connectivity index (χ0v) is 11.8. The highest BCUT2D eigenvalue weighted by Crippen LogP contribution is 2.47. The number of ketones is 1. The van der Waals surface area contributed by atoms with Gasteiger partial charge in [0, 0.05) is 18.2 Å². The number of rotatable bonds is 4. The van der Waals surface area contributed by atoms with E-state index in [0.717, 1.165) is 6.42 Å². The molecular weight excluding hydrogens is 272 g/mol. The fraction of sp³-hybridized carbons (Fsp3) is 0.267. The molecule has 102 valence electrons. The highest BCUT2D eigenvalue weighted by molar-refractivity contribution is 7.14. The van der Waals surface area contributed by atoms with Crippen molar-refractivity contribution >= 4 is 28.2 Å². The summed E-state index contributed by atoms with van der Waals surface area (Å²) in [5.41, 5.74) is 1.61. The predicted molar refractivity (Wildman–Crippen MR) is 78.0 cm³/mol. The van der Waals surface area contributed by atoms with Crippen LogP contribution < -0.4 is 5.32 Å². The zero-order valence-electron chi connectivity index (χ0n) is 11.0. The number of amides is 1. The number of carbonyl (C=O) groups excluding carboxylic acids is 2.